The van der Waals surface area contributed by atoms with Gasteiger partial charge < -0.3 is 10.0 Å². The molecular weight excluding hydrogens is 224 g/mol. The Bertz CT molecular complexity index is 418. The van der Waals surface area contributed by atoms with Crippen molar-refractivity contribution >= 4 is 5.82 Å². The van der Waals surface area contributed by atoms with Crippen molar-refractivity contribution < 1.29 is 10.0 Å². The molecule has 0 bridgehead atoms. The SMILES string of the molecule is O=[N+]([O-])Cc1c(O)n[c]nc1N1CCCCC1. The maximum atomic E-state index is 10.6. The maximum Gasteiger partial charge on any atom is 0.237 e. The van der Waals surface area contributed by atoms with E-state index >= 15 is 0 Å². The molecule has 17 heavy (non-hydrogen) atoms. The van der Waals surface area contributed by atoms with Crippen LogP contribution in [0.2, 0.25) is 0 Å². The average Bonchev–Trinajstić information content (AvgIpc) is 2.32. The second kappa shape index (κ2) is 4.94. The quantitative estimate of drug-likeness (QED) is 0.616. The molecule has 0 aromatic carbocycles. The molecule has 0 aliphatic carbocycles. The number of piperidine rings is 1. The van der Waals surface area contributed by atoms with Crippen molar-refractivity contribution in [2.75, 3.05) is 18.0 Å². The predicted molar refractivity (Wildman–Crippen MR) is 59.3 cm³/mol. The van der Waals surface area contributed by atoms with Crippen LogP contribution in [0, 0.1) is 16.4 Å². The Labute approximate surface area is 98.3 Å². The molecule has 0 amide bonds. The lowest BCUT2D eigenvalue weighted by molar-refractivity contribution is -0.496. The molecule has 1 N–H and O–H groups in total. The molecule has 1 aliphatic heterocycles. The van der Waals surface area contributed by atoms with Gasteiger partial charge in [-0.1, -0.05) is 0 Å². The van der Waals surface area contributed by atoms with Crippen LogP contribution in [0.4, 0.5) is 5.82 Å². The molecule has 2 rings (SSSR count). The normalized spacial score (nSPS) is 15.9. The van der Waals surface area contributed by atoms with Gasteiger partial charge in [-0.25, -0.2) is 4.98 Å². The molecule has 91 valence electrons. The van der Waals surface area contributed by atoms with Gasteiger partial charge >= 0.3 is 0 Å². The first-order valence-electron chi connectivity index (χ1n) is 5.51. The maximum absolute atomic E-state index is 10.6. The van der Waals surface area contributed by atoms with E-state index in [-0.39, 0.29) is 11.4 Å². The molecule has 0 saturated carbocycles. The summed E-state index contributed by atoms with van der Waals surface area (Å²) in [6.45, 7) is 1.14. The van der Waals surface area contributed by atoms with E-state index in [0.717, 1.165) is 32.4 Å². The molecule has 0 spiro atoms. The molecule has 1 aromatic rings. The van der Waals surface area contributed by atoms with Crippen molar-refractivity contribution in [3.05, 3.63) is 22.0 Å². The van der Waals surface area contributed by atoms with Crippen LogP contribution in [-0.2, 0) is 6.54 Å². The number of hydrogen-bond donors (Lipinski definition) is 1. The topological polar surface area (TPSA) is 92.4 Å². The zero-order chi connectivity index (χ0) is 12.3. The van der Waals surface area contributed by atoms with Gasteiger partial charge in [0, 0.05) is 18.0 Å². The molecule has 1 aliphatic rings. The van der Waals surface area contributed by atoms with Crippen LogP contribution < -0.4 is 4.90 Å². The lowest BCUT2D eigenvalue weighted by atomic mass is 10.1. The first-order chi connectivity index (χ1) is 8.18. The predicted octanol–water partition coefficient (Wildman–Crippen LogP) is 0.749. The van der Waals surface area contributed by atoms with Crippen LogP contribution in [0.15, 0.2) is 0 Å². The monoisotopic (exact) mass is 237 g/mol. The standard InChI is InChI=1S/C10H13N4O3/c15-10-8(6-14(16)17)9(11-7-12-10)13-4-2-1-3-5-13/h1-6H2,(H,11,12,15). The first-order valence-corrected chi connectivity index (χ1v) is 5.51. The van der Waals surface area contributed by atoms with E-state index in [9.17, 15) is 15.2 Å². The fourth-order valence-electron chi connectivity index (χ4n) is 1.99. The van der Waals surface area contributed by atoms with Crippen LogP contribution in [0.1, 0.15) is 24.8 Å². The second-order valence-electron chi connectivity index (χ2n) is 3.99. The summed E-state index contributed by atoms with van der Waals surface area (Å²) in [7, 11) is 0. The average molecular weight is 237 g/mol. The van der Waals surface area contributed by atoms with Gasteiger partial charge in [0.15, 0.2) is 0 Å². The van der Waals surface area contributed by atoms with E-state index in [0.29, 0.717) is 5.82 Å². The van der Waals surface area contributed by atoms with Gasteiger partial charge in [0.25, 0.3) is 0 Å². The summed E-state index contributed by atoms with van der Waals surface area (Å²) in [4.78, 5) is 19.4. The largest absolute Gasteiger partial charge is 0.493 e. The Kier molecular flexibility index (Phi) is 3.36. The van der Waals surface area contributed by atoms with Crippen LogP contribution in [0.25, 0.3) is 0 Å². The minimum atomic E-state index is -0.494. The molecule has 1 fully saturated rings. The molecule has 2 heterocycles. The highest BCUT2D eigenvalue weighted by Crippen LogP contribution is 2.26. The third-order valence-corrected chi connectivity index (χ3v) is 2.79. The molecule has 0 atom stereocenters. The van der Waals surface area contributed by atoms with E-state index in [1.807, 2.05) is 4.90 Å². The van der Waals surface area contributed by atoms with Crippen molar-refractivity contribution in [1.29, 1.82) is 0 Å². The Balaban J connectivity index is 2.30. The Hall–Kier alpha value is -1.92. The number of rotatable bonds is 3. The van der Waals surface area contributed by atoms with Gasteiger partial charge in [-0.3, -0.25) is 10.1 Å². The first kappa shape index (κ1) is 11.6. The summed E-state index contributed by atoms with van der Waals surface area (Å²) in [6, 6.07) is 0. The molecule has 1 aromatic heterocycles. The third-order valence-electron chi connectivity index (χ3n) is 2.79. The molecule has 1 saturated heterocycles. The van der Waals surface area contributed by atoms with E-state index in [1.54, 1.807) is 0 Å². The summed E-state index contributed by atoms with van der Waals surface area (Å²) in [6.07, 6.45) is 5.54. The number of hydrogen-bond acceptors (Lipinski definition) is 6. The van der Waals surface area contributed by atoms with Gasteiger partial charge in [0.05, 0.1) is 0 Å². The van der Waals surface area contributed by atoms with Gasteiger partial charge in [-0.2, -0.15) is 4.98 Å². The van der Waals surface area contributed by atoms with Gasteiger partial charge in [-0.15, -0.1) is 0 Å². The zero-order valence-electron chi connectivity index (χ0n) is 9.30. The molecule has 0 unspecified atom stereocenters. The van der Waals surface area contributed by atoms with Crippen molar-refractivity contribution in [3.8, 4) is 5.88 Å². The zero-order valence-corrected chi connectivity index (χ0v) is 9.30. The van der Waals surface area contributed by atoms with Crippen molar-refractivity contribution in [3.63, 3.8) is 0 Å². The van der Waals surface area contributed by atoms with Gasteiger partial charge in [-0.05, 0) is 19.3 Å². The summed E-state index contributed by atoms with van der Waals surface area (Å²) in [5, 5.41) is 20.1. The fourth-order valence-corrected chi connectivity index (χ4v) is 1.99. The van der Waals surface area contributed by atoms with Gasteiger partial charge in [0.2, 0.25) is 18.8 Å². The smallest absolute Gasteiger partial charge is 0.237 e. The van der Waals surface area contributed by atoms with Crippen molar-refractivity contribution in [2.45, 2.75) is 25.8 Å². The van der Waals surface area contributed by atoms with E-state index < -0.39 is 11.5 Å². The fraction of sp³-hybridized carbons (Fsp3) is 0.600. The number of aromatic hydroxyl groups is 1. The highest BCUT2D eigenvalue weighted by atomic mass is 16.6. The summed E-state index contributed by atoms with van der Waals surface area (Å²) >= 11 is 0. The molecular formula is C10H13N4O3. The minimum Gasteiger partial charge on any atom is -0.493 e. The highest BCUT2D eigenvalue weighted by Gasteiger charge is 2.22. The van der Waals surface area contributed by atoms with E-state index in [1.165, 1.54) is 0 Å². The summed E-state index contributed by atoms with van der Waals surface area (Å²) in [5.41, 5.74) is 0.177. The Morgan fingerprint density at radius 1 is 1.35 bits per heavy atom. The Morgan fingerprint density at radius 3 is 2.71 bits per heavy atom. The number of nitro groups is 1. The molecule has 7 heteroatoms. The molecule has 7 nitrogen and oxygen atoms in total. The summed E-state index contributed by atoms with van der Waals surface area (Å²) < 4.78 is 0. The van der Waals surface area contributed by atoms with Crippen LogP contribution >= 0.6 is 0 Å². The lowest BCUT2D eigenvalue weighted by Gasteiger charge is -2.28. The van der Waals surface area contributed by atoms with Crippen molar-refractivity contribution in [1.82, 2.24) is 9.97 Å². The van der Waals surface area contributed by atoms with Crippen LogP contribution in [-0.4, -0.2) is 33.1 Å². The number of nitrogens with zero attached hydrogens (tertiary/aromatic N) is 4. The second-order valence-corrected chi connectivity index (χ2v) is 3.99. The van der Waals surface area contributed by atoms with E-state index in [4.69, 9.17) is 0 Å². The van der Waals surface area contributed by atoms with Crippen LogP contribution in [0.3, 0.4) is 0 Å². The third kappa shape index (κ3) is 2.61. The van der Waals surface area contributed by atoms with Crippen molar-refractivity contribution in [2.24, 2.45) is 0 Å². The molecule has 1 radical (unpaired) electrons. The Morgan fingerprint density at radius 2 is 2.06 bits per heavy atom. The van der Waals surface area contributed by atoms with Gasteiger partial charge in [0.1, 0.15) is 11.4 Å². The highest BCUT2D eigenvalue weighted by molar-refractivity contribution is 5.50. The number of aromatic nitrogens is 2. The number of anilines is 1. The lowest BCUT2D eigenvalue weighted by Crippen LogP contribution is -2.31. The van der Waals surface area contributed by atoms with Crippen LogP contribution in [0.5, 0.6) is 5.88 Å². The summed E-state index contributed by atoms with van der Waals surface area (Å²) in [5.74, 6) is 0.0890. The van der Waals surface area contributed by atoms with E-state index in [2.05, 4.69) is 16.3 Å². The minimum absolute atomic E-state index is 0.177.